The summed E-state index contributed by atoms with van der Waals surface area (Å²) in [4.78, 5) is 3.61. The molecule has 0 aromatic carbocycles. The minimum Gasteiger partial charge on any atom is -0.387 e. The molecule has 1 rings (SSSR count). The van der Waals surface area contributed by atoms with Crippen LogP contribution >= 0.6 is 11.6 Å². The van der Waals surface area contributed by atoms with Crippen LogP contribution in [0.3, 0.4) is 0 Å². The Bertz CT molecular complexity index is 265. The zero-order chi connectivity index (χ0) is 8.43. The van der Waals surface area contributed by atoms with Gasteiger partial charge in [0.1, 0.15) is 0 Å². The minimum atomic E-state index is -0.715. The molecule has 0 amide bonds. The number of hydrogen-bond donors (Lipinski definition) is 1. The number of hydrogen-bond acceptors (Lipinski definition) is 2. The van der Waals surface area contributed by atoms with Crippen LogP contribution in [0.25, 0.3) is 0 Å². The van der Waals surface area contributed by atoms with Crippen LogP contribution in [0.1, 0.15) is 18.7 Å². The van der Waals surface area contributed by atoms with Crippen molar-refractivity contribution in [1.82, 2.24) is 4.98 Å². The van der Waals surface area contributed by atoms with Gasteiger partial charge in [-0.05, 0) is 19.1 Å². The smallest absolute Gasteiger partial charge is 0.165 e. The molecular weight excluding hydrogens is 169 g/mol. The second kappa shape index (κ2) is 3.15. The third kappa shape index (κ3) is 1.88. The van der Waals surface area contributed by atoms with Gasteiger partial charge in [-0.25, -0.2) is 9.37 Å². The molecule has 0 aliphatic rings. The van der Waals surface area contributed by atoms with E-state index in [1.54, 1.807) is 0 Å². The number of rotatable bonds is 1. The van der Waals surface area contributed by atoms with Crippen molar-refractivity contribution in [3.8, 4) is 0 Å². The molecule has 0 spiro atoms. The molecule has 1 unspecified atom stereocenters. The lowest BCUT2D eigenvalue weighted by molar-refractivity contribution is 0.194. The van der Waals surface area contributed by atoms with E-state index in [-0.39, 0.29) is 5.15 Å². The number of aromatic nitrogens is 1. The van der Waals surface area contributed by atoms with E-state index in [0.717, 1.165) is 0 Å². The summed E-state index contributed by atoms with van der Waals surface area (Å²) in [5.74, 6) is -0.573. The van der Waals surface area contributed by atoms with Crippen LogP contribution in [0.2, 0.25) is 5.15 Å². The summed E-state index contributed by atoms with van der Waals surface area (Å²) in [7, 11) is 0. The largest absolute Gasteiger partial charge is 0.387 e. The highest BCUT2D eigenvalue weighted by Gasteiger charge is 2.05. The summed E-state index contributed by atoms with van der Waals surface area (Å²) in [6.45, 7) is 1.54. The Kier molecular flexibility index (Phi) is 2.42. The van der Waals surface area contributed by atoms with E-state index in [9.17, 15) is 4.39 Å². The molecule has 0 aliphatic carbocycles. The first kappa shape index (κ1) is 8.43. The van der Waals surface area contributed by atoms with Gasteiger partial charge in [-0.2, -0.15) is 0 Å². The van der Waals surface area contributed by atoms with E-state index >= 15 is 0 Å². The molecule has 0 bridgehead atoms. The van der Waals surface area contributed by atoms with Crippen molar-refractivity contribution in [3.05, 3.63) is 28.8 Å². The summed E-state index contributed by atoms with van der Waals surface area (Å²) in [5, 5.41) is 8.79. The maximum Gasteiger partial charge on any atom is 0.165 e. The maximum absolute atomic E-state index is 12.5. The lowest BCUT2D eigenvalue weighted by atomic mass is 10.2. The van der Waals surface area contributed by atoms with Crippen molar-refractivity contribution in [1.29, 1.82) is 0 Å². The molecule has 1 heterocycles. The molecule has 1 N–H and O–H groups in total. The fraction of sp³-hybridized carbons (Fsp3) is 0.286. The van der Waals surface area contributed by atoms with Gasteiger partial charge in [0.05, 0.1) is 11.8 Å². The van der Waals surface area contributed by atoms with Gasteiger partial charge in [-0.3, -0.25) is 0 Å². The number of aliphatic hydroxyl groups excluding tert-OH is 1. The molecule has 4 heteroatoms. The molecule has 1 aromatic heterocycles. The summed E-state index contributed by atoms with van der Waals surface area (Å²) in [6, 6.07) is 2.57. The third-order valence-electron chi connectivity index (χ3n) is 1.25. The van der Waals surface area contributed by atoms with Gasteiger partial charge in [0.25, 0.3) is 0 Å². The Labute approximate surface area is 68.6 Å². The molecule has 60 valence electrons. The molecule has 1 aromatic rings. The van der Waals surface area contributed by atoms with E-state index < -0.39 is 11.9 Å². The Morgan fingerprint density at radius 1 is 1.64 bits per heavy atom. The Morgan fingerprint density at radius 2 is 2.27 bits per heavy atom. The Morgan fingerprint density at radius 3 is 2.73 bits per heavy atom. The minimum absolute atomic E-state index is 0.205. The van der Waals surface area contributed by atoms with Crippen molar-refractivity contribution in [2.45, 2.75) is 13.0 Å². The predicted molar refractivity (Wildman–Crippen MR) is 39.8 cm³/mol. The van der Waals surface area contributed by atoms with Crippen molar-refractivity contribution in [3.63, 3.8) is 0 Å². The van der Waals surface area contributed by atoms with Crippen LogP contribution < -0.4 is 0 Å². The average Bonchev–Trinajstić information content (AvgIpc) is 1.94. The molecule has 1 atom stereocenters. The quantitative estimate of drug-likeness (QED) is 0.662. The van der Waals surface area contributed by atoms with Crippen molar-refractivity contribution >= 4 is 11.6 Å². The molecule has 0 radical (unpaired) electrons. The molecule has 0 saturated heterocycles. The van der Waals surface area contributed by atoms with Crippen LogP contribution in [-0.2, 0) is 0 Å². The highest BCUT2D eigenvalue weighted by molar-refractivity contribution is 6.29. The van der Waals surface area contributed by atoms with Crippen molar-refractivity contribution < 1.29 is 9.50 Å². The number of halogens is 2. The van der Waals surface area contributed by atoms with Gasteiger partial charge in [0.2, 0.25) is 0 Å². The van der Waals surface area contributed by atoms with Crippen LogP contribution in [0.4, 0.5) is 4.39 Å². The second-order valence-corrected chi connectivity index (χ2v) is 2.54. The molecule has 0 saturated carbocycles. The number of aliphatic hydroxyl groups is 1. The predicted octanol–water partition coefficient (Wildman–Crippen LogP) is 1.93. The highest BCUT2D eigenvalue weighted by atomic mass is 35.5. The van der Waals surface area contributed by atoms with Gasteiger partial charge in [0.15, 0.2) is 11.0 Å². The average molecular weight is 176 g/mol. The molecular formula is C7H7ClFNO. The number of nitrogens with zero attached hydrogens (tertiary/aromatic N) is 1. The third-order valence-corrected chi connectivity index (χ3v) is 1.52. The SMILES string of the molecule is CC(O)c1ccc(F)c(Cl)n1. The fourth-order valence-corrected chi connectivity index (χ4v) is 0.825. The van der Waals surface area contributed by atoms with E-state index in [4.69, 9.17) is 16.7 Å². The zero-order valence-corrected chi connectivity index (χ0v) is 6.64. The van der Waals surface area contributed by atoms with Crippen molar-refractivity contribution in [2.75, 3.05) is 0 Å². The molecule has 11 heavy (non-hydrogen) atoms. The van der Waals surface area contributed by atoms with Crippen LogP contribution in [-0.4, -0.2) is 10.1 Å². The van der Waals surface area contributed by atoms with Crippen LogP contribution in [0.5, 0.6) is 0 Å². The highest BCUT2D eigenvalue weighted by Crippen LogP contribution is 2.15. The Hall–Kier alpha value is -0.670. The lowest BCUT2D eigenvalue weighted by Crippen LogP contribution is -1.96. The molecule has 2 nitrogen and oxygen atoms in total. The summed E-state index contributed by atoms with van der Waals surface area (Å²) < 4.78 is 12.5. The van der Waals surface area contributed by atoms with Crippen LogP contribution in [0, 0.1) is 5.82 Å². The van der Waals surface area contributed by atoms with E-state index in [1.165, 1.54) is 19.1 Å². The van der Waals surface area contributed by atoms with Gasteiger partial charge >= 0.3 is 0 Å². The van der Waals surface area contributed by atoms with E-state index in [0.29, 0.717) is 5.69 Å². The zero-order valence-electron chi connectivity index (χ0n) is 5.88. The van der Waals surface area contributed by atoms with Crippen molar-refractivity contribution in [2.24, 2.45) is 0 Å². The summed E-state index contributed by atoms with van der Waals surface area (Å²) in [6.07, 6.45) is -0.715. The maximum atomic E-state index is 12.5. The fourth-order valence-electron chi connectivity index (χ4n) is 0.664. The standard InChI is InChI=1S/C7H7ClFNO/c1-4(11)6-3-2-5(9)7(8)10-6/h2-4,11H,1H3. The second-order valence-electron chi connectivity index (χ2n) is 2.18. The topological polar surface area (TPSA) is 33.1 Å². The lowest BCUT2D eigenvalue weighted by Gasteiger charge is -2.02. The summed E-state index contributed by atoms with van der Waals surface area (Å²) >= 11 is 5.36. The van der Waals surface area contributed by atoms with E-state index in [1.807, 2.05) is 0 Å². The number of pyridine rings is 1. The van der Waals surface area contributed by atoms with E-state index in [2.05, 4.69) is 4.98 Å². The van der Waals surface area contributed by atoms with Crippen LogP contribution in [0.15, 0.2) is 12.1 Å². The first-order valence-electron chi connectivity index (χ1n) is 3.11. The molecule has 0 aliphatic heterocycles. The van der Waals surface area contributed by atoms with Gasteiger partial charge in [0, 0.05) is 0 Å². The molecule has 0 fully saturated rings. The first-order valence-corrected chi connectivity index (χ1v) is 3.49. The normalized spacial score (nSPS) is 13.1. The summed E-state index contributed by atoms with van der Waals surface area (Å²) in [5.41, 5.74) is 0.372. The van der Waals surface area contributed by atoms with Gasteiger partial charge in [-0.15, -0.1) is 0 Å². The Balaban J connectivity index is 3.05. The monoisotopic (exact) mass is 175 g/mol. The van der Waals surface area contributed by atoms with Gasteiger partial charge < -0.3 is 5.11 Å². The van der Waals surface area contributed by atoms with Gasteiger partial charge in [-0.1, -0.05) is 11.6 Å². The first-order chi connectivity index (χ1) is 5.11.